The Balaban J connectivity index is 1.30. The quantitative estimate of drug-likeness (QED) is 0.489. The number of esters is 1. The maximum Gasteiger partial charge on any atom is 0.375 e. The molecule has 0 saturated heterocycles. The summed E-state index contributed by atoms with van der Waals surface area (Å²) in [4.78, 5) is 25.1. The highest BCUT2D eigenvalue weighted by Crippen LogP contribution is 2.33. The van der Waals surface area contributed by atoms with Crippen molar-refractivity contribution in [2.75, 3.05) is 13.2 Å². The molecule has 156 valence electrons. The largest absolute Gasteiger partial charge is 0.493 e. The van der Waals surface area contributed by atoms with Crippen molar-refractivity contribution in [3.63, 3.8) is 0 Å². The average Bonchev–Trinajstić information content (AvgIpc) is 3.15. The van der Waals surface area contributed by atoms with Gasteiger partial charge in [0.25, 0.3) is 5.91 Å². The van der Waals surface area contributed by atoms with Crippen molar-refractivity contribution in [1.29, 1.82) is 0 Å². The normalized spacial score (nSPS) is 15.3. The first kappa shape index (κ1) is 19.2. The number of benzene rings is 3. The summed E-state index contributed by atoms with van der Waals surface area (Å²) in [5.74, 6) is -0.133. The fourth-order valence-electron chi connectivity index (χ4n) is 4.07. The van der Waals surface area contributed by atoms with Gasteiger partial charge in [-0.05, 0) is 18.4 Å². The Hall–Kier alpha value is -3.80. The summed E-state index contributed by atoms with van der Waals surface area (Å²) in [7, 11) is 0. The van der Waals surface area contributed by atoms with Gasteiger partial charge in [0.05, 0.1) is 12.6 Å². The van der Waals surface area contributed by atoms with E-state index in [2.05, 4.69) is 5.32 Å². The van der Waals surface area contributed by atoms with E-state index in [-0.39, 0.29) is 24.3 Å². The van der Waals surface area contributed by atoms with Crippen LogP contribution in [0.2, 0.25) is 0 Å². The summed E-state index contributed by atoms with van der Waals surface area (Å²) in [6.07, 6.45) is 0.659. The molecule has 1 aliphatic rings. The molecule has 0 saturated carbocycles. The molecule has 31 heavy (non-hydrogen) atoms. The van der Waals surface area contributed by atoms with E-state index in [9.17, 15) is 9.59 Å². The molecule has 6 nitrogen and oxygen atoms in total. The van der Waals surface area contributed by atoms with Crippen LogP contribution < -0.4 is 10.1 Å². The monoisotopic (exact) mass is 415 g/mol. The number of hydrogen-bond acceptors (Lipinski definition) is 5. The number of para-hydroxylation sites is 1. The van der Waals surface area contributed by atoms with E-state index in [4.69, 9.17) is 13.9 Å². The zero-order valence-electron chi connectivity index (χ0n) is 17.0. The third kappa shape index (κ3) is 3.50. The predicted octanol–water partition coefficient (Wildman–Crippen LogP) is 4.69. The van der Waals surface area contributed by atoms with Gasteiger partial charge in [-0.25, -0.2) is 4.79 Å². The summed E-state index contributed by atoms with van der Waals surface area (Å²) in [6.45, 7) is 1.96. The summed E-state index contributed by atoms with van der Waals surface area (Å²) in [5, 5.41) is 5.73. The number of nitrogens with one attached hydrogen (secondary N) is 1. The first-order valence-electron chi connectivity index (χ1n) is 10.2. The van der Waals surface area contributed by atoms with Gasteiger partial charge in [0, 0.05) is 28.3 Å². The maximum absolute atomic E-state index is 12.7. The lowest BCUT2D eigenvalue weighted by Gasteiger charge is -2.26. The number of furan rings is 1. The number of ether oxygens (including phenoxy) is 2. The third-order valence-corrected chi connectivity index (χ3v) is 5.64. The lowest BCUT2D eigenvalue weighted by Crippen LogP contribution is -2.35. The Morgan fingerprint density at radius 3 is 2.74 bits per heavy atom. The Bertz CT molecular complexity index is 1310. The van der Waals surface area contributed by atoms with Crippen molar-refractivity contribution in [2.45, 2.75) is 19.4 Å². The van der Waals surface area contributed by atoms with E-state index < -0.39 is 5.97 Å². The number of rotatable bonds is 4. The summed E-state index contributed by atoms with van der Waals surface area (Å²) >= 11 is 0. The molecule has 2 heterocycles. The highest BCUT2D eigenvalue weighted by Gasteiger charge is 2.24. The minimum Gasteiger partial charge on any atom is -0.493 e. The van der Waals surface area contributed by atoms with Crippen LogP contribution in [0.5, 0.6) is 5.75 Å². The number of fused-ring (bicyclic) bond motifs is 4. The second-order valence-corrected chi connectivity index (χ2v) is 7.59. The van der Waals surface area contributed by atoms with Gasteiger partial charge in [0.2, 0.25) is 5.76 Å². The molecule has 6 heteroatoms. The van der Waals surface area contributed by atoms with Crippen molar-refractivity contribution >= 4 is 33.6 Å². The van der Waals surface area contributed by atoms with E-state index in [0.717, 1.165) is 27.5 Å². The lowest BCUT2D eigenvalue weighted by molar-refractivity contribution is -0.125. The zero-order chi connectivity index (χ0) is 21.4. The molecule has 1 unspecified atom stereocenters. The van der Waals surface area contributed by atoms with Gasteiger partial charge in [-0.2, -0.15) is 0 Å². The van der Waals surface area contributed by atoms with E-state index in [0.29, 0.717) is 24.2 Å². The topological polar surface area (TPSA) is 77.8 Å². The SMILES string of the molecule is Cc1c(C(=O)OCC(=O)NC2CCOc3ccccc32)oc2c1ccc1ccccc12. The second-order valence-electron chi connectivity index (χ2n) is 7.59. The fourth-order valence-corrected chi connectivity index (χ4v) is 4.07. The molecule has 1 amide bonds. The van der Waals surface area contributed by atoms with E-state index in [1.54, 1.807) is 0 Å². The Morgan fingerprint density at radius 2 is 1.84 bits per heavy atom. The second kappa shape index (κ2) is 7.80. The van der Waals surface area contributed by atoms with Gasteiger partial charge in [-0.15, -0.1) is 0 Å². The van der Waals surface area contributed by atoms with E-state index in [1.165, 1.54) is 0 Å². The fraction of sp³-hybridized carbons (Fsp3) is 0.200. The molecule has 1 atom stereocenters. The average molecular weight is 415 g/mol. The Labute approximate surface area is 178 Å². The predicted molar refractivity (Wildman–Crippen MR) is 116 cm³/mol. The van der Waals surface area contributed by atoms with Crippen LogP contribution >= 0.6 is 0 Å². The molecule has 3 aromatic carbocycles. The zero-order valence-corrected chi connectivity index (χ0v) is 17.0. The molecule has 1 aliphatic heterocycles. The molecular formula is C25H21NO5. The van der Waals surface area contributed by atoms with Gasteiger partial charge < -0.3 is 19.2 Å². The maximum atomic E-state index is 12.7. The van der Waals surface area contributed by atoms with Crippen molar-refractivity contribution in [1.82, 2.24) is 5.32 Å². The van der Waals surface area contributed by atoms with Crippen molar-refractivity contribution in [2.24, 2.45) is 0 Å². The first-order valence-corrected chi connectivity index (χ1v) is 10.2. The van der Waals surface area contributed by atoms with Gasteiger partial charge in [0.15, 0.2) is 6.61 Å². The minimum atomic E-state index is -0.652. The first-order chi connectivity index (χ1) is 15.1. The summed E-state index contributed by atoms with van der Waals surface area (Å²) in [6, 6.07) is 19.2. The van der Waals surface area contributed by atoms with Crippen LogP contribution in [0.3, 0.4) is 0 Å². The number of amides is 1. The highest BCUT2D eigenvalue weighted by molar-refractivity contribution is 6.08. The third-order valence-electron chi connectivity index (χ3n) is 5.64. The van der Waals surface area contributed by atoms with Crippen LogP contribution in [-0.4, -0.2) is 25.1 Å². The van der Waals surface area contributed by atoms with Crippen molar-refractivity contribution in [3.05, 3.63) is 77.6 Å². The molecule has 0 radical (unpaired) electrons. The van der Waals surface area contributed by atoms with Crippen molar-refractivity contribution < 1.29 is 23.5 Å². The van der Waals surface area contributed by atoms with Crippen LogP contribution in [0.1, 0.15) is 34.1 Å². The Morgan fingerprint density at radius 1 is 1.03 bits per heavy atom. The molecule has 0 aliphatic carbocycles. The molecule has 0 spiro atoms. The van der Waals surface area contributed by atoms with Gasteiger partial charge in [-0.1, -0.05) is 54.6 Å². The smallest absolute Gasteiger partial charge is 0.375 e. The van der Waals surface area contributed by atoms with Crippen LogP contribution in [0.15, 0.2) is 65.1 Å². The summed E-state index contributed by atoms with van der Waals surface area (Å²) < 4.78 is 16.8. The van der Waals surface area contributed by atoms with Crippen LogP contribution in [-0.2, 0) is 9.53 Å². The molecule has 1 N–H and O–H groups in total. The van der Waals surface area contributed by atoms with Crippen LogP contribution in [0.4, 0.5) is 0 Å². The van der Waals surface area contributed by atoms with Gasteiger partial charge >= 0.3 is 5.97 Å². The molecule has 5 rings (SSSR count). The van der Waals surface area contributed by atoms with Crippen molar-refractivity contribution in [3.8, 4) is 5.75 Å². The molecule has 0 bridgehead atoms. The minimum absolute atomic E-state index is 0.121. The number of aryl methyl sites for hydroxylation is 1. The molecule has 4 aromatic rings. The number of carbonyl (C=O) groups is 2. The molecular weight excluding hydrogens is 394 g/mol. The van der Waals surface area contributed by atoms with Gasteiger partial charge in [-0.3, -0.25) is 4.79 Å². The molecule has 1 aromatic heterocycles. The number of hydrogen-bond donors (Lipinski definition) is 1. The standard InChI is InChI=1S/C25H21NO5/c1-15-17-11-10-16-6-2-3-7-18(16)24(17)31-23(15)25(28)30-14-22(27)26-20-12-13-29-21-9-5-4-8-19(20)21/h2-11,20H,12-14H2,1H3,(H,26,27). The molecule has 0 fully saturated rings. The van der Waals surface area contributed by atoms with Crippen LogP contribution in [0.25, 0.3) is 21.7 Å². The van der Waals surface area contributed by atoms with Gasteiger partial charge in [0.1, 0.15) is 11.3 Å². The highest BCUT2D eigenvalue weighted by atomic mass is 16.5. The summed E-state index contributed by atoms with van der Waals surface area (Å²) in [5.41, 5.74) is 2.27. The van der Waals surface area contributed by atoms with E-state index >= 15 is 0 Å². The lowest BCUT2D eigenvalue weighted by atomic mass is 10.0. The van der Waals surface area contributed by atoms with E-state index in [1.807, 2.05) is 67.6 Å². The van der Waals surface area contributed by atoms with Crippen LogP contribution in [0, 0.1) is 6.92 Å². The number of carbonyl (C=O) groups excluding carboxylic acids is 2. The Kier molecular flexibility index (Phi) is 4.82.